The van der Waals surface area contributed by atoms with Crippen molar-refractivity contribution in [3.8, 4) is 0 Å². The second kappa shape index (κ2) is 6.19. The summed E-state index contributed by atoms with van der Waals surface area (Å²) in [4.78, 5) is 0. The molecule has 1 rings (SSSR count). The Morgan fingerprint density at radius 3 is 2.09 bits per heavy atom. The summed E-state index contributed by atoms with van der Waals surface area (Å²) in [5.41, 5.74) is 2.68. The monoisotopic (exact) mass is 347 g/mol. The van der Waals surface area contributed by atoms with E-state index in [9.17, 15) is 34.8 Å². The number of halogens is 6. The number of hydrogen-bond donors (Lipinski definition) is 1. The Labute approximate surface area is 122 Å². The van der Waals surface area contributed by atoms with Crippen LogP contribution in [-0.4, -0.2) is 26.7 Å². The van der Waals surface area contributed by atoms with E-state index in [1.807, 2.05) is 0 Å². The lowest BCUT2D eigenvalue weighted by Crippen LogP contribution is -2.49. The minimum absolute atomic E-state index is 0.190. The first-order chi connectivity index (χ1) is 9.90. The lowest BCUT2D eigenvalue weighted by Gasteiger charge is -2.25. The van der Waals surface area contributed by atoms with E-state index < -0.39 is 39.6 Å². The fraction of sp³-hybridized carbons (Fsp3) is 0.333. The first kappa shape index (κ1) is 18.3. The summed E-state index contributed by atoms with van der Waals surface area (Å²) in [5, 5.41) is -0.309. The number of alkyl halides is 6. The summed E-state index contributed by atoms with van der Waals surface area (Å²) in [5.74, 6) is -12.1. The smallest absolute Gasteiger partial charge is 0.375 e. The van der Waals surface area contributed by atoms with Crippen LogP contribution in [0.25, 0.3) is 0 Å². The van der Waals surface area contributed by atoms with Crippen LogP contribution in [0.2, 0.25) is 0 Å². The van der Waals surface area contributed by atoms with Crippen molar-refractivity contribution < 1.29 is 34.8 Å². The maximum absolute atomic E-state index is 13.2. The van der Waals surface area contributed by atoms with Crippen molar-refractivity contribution in [3.05, 3.63) is 47.0 Å². The van der Waals surface area contributed by atoms with E-state index in [-0.39, 0.29) is 11.0 Å². The maximum atomic E-state index is 13.2. The van der Waals surface area contributed by atoms with Gasteiger partial charge in [-0.1, -0.05) is 30.3 Å². The normalized spacial score (nSPS) is 14.4. The predicted octanol–water partition coefficient (Wildman–Crippen LogP) is 2.94. The molecule has 0 aliphatic carbocycles. The van der Waals surface area contributed by atoms with Crippen molar-refractivity contribution in [3.63, 3.8) is 0 Å². The summed E-state index contributed by atoms with van der Waals surface area (Å²) in [7, 11) is -4.45. The lowest BCUT2D eigenvalue weighted by atomic mass is 10.1. The number of nitrogens with two attached hydrogens (primary N) is 1. The largest absolute Gasteiger partial charge is 0.396 e. The second-order valence-electron chi connectivity index (χ2n) is 4.36. The van der Waals surface area contributed by atoms with Crippen molar-refractivity contribution in [1.82, 2.24) is 0 Å². The van der Waals surface area contributed by atoms with Crippen LogP contribution in [0.15, 0.2) is 41.4 Å². The Morgan fingerprint density at radius 1 is 1.14 bits per heavy atom. The molecule has 0 unspecified atom stereocenters. The minimum atomic E-state index is -5.78. The molecule has 2 N–H and O–H groups in total. The molecule has 0 radical (unpaired) electrons. The van der Waals surface area contributed by atoms with Crippen molar-refractivity contribution in [2.45, 2.75) is 24.0 Å². The molecule has 0 fully saturated rings. The van der Waals surface area contributed by atoms with Crippen LogP contribution < -0.4 is 5.73 Å². The molecular weight excluding hydrogens is 336 g/mol. The van der Waals surface area contributed by atoms with Crippen LogP contribution in [0.1, 0.15) is 5.56 Å². The van der Waals surface area contributed by atoms with Gasteiger partial charge in [0.1, 0.15) is 0 Å². The predicted molar refractivity (Wildman–Crippen MR) is 67.2 cm³/mol. The van der Waals surface area contributed by atoms with Crippen LogP contribution in [-0.2, 0) is 15.6 Å². The molecule has 0 saturated heterocycles. The van der Waals surface area contributed by atoms with Crippen molar-refractivity contribution >= 4 is 9.84 Å². The summed E-state index contributed by atoms with van der Waals surface area (Å²) >= 11 is 0. The molecule has 22 heavy (non-hydrogen) atoms. The maximum Gasteiger partial charge on any atom is 0.375 e. The van der Waals surface area contributed by atoms with Crippen molar-refractivity contribution in [1.29, 1.82) is 0 Å². The number of hydrogen-bond acceptors (Lipinski definition) is 3. The first-order valence-electron chi connectivity index (χ1n) is 5.68. The van der Waals surface area contributed by atoms with E-state index >= 15 is 0 Å². The van der Waals surface area contributed by atoms with Crippen LogP contribution in [0.5, 0.6) is 0 Å². The highest BCUT2D eigenvalue weighted by Crippen LogP contribution is 2.42. The van der Waals surface area contributed by atoms with Crippen molar-refractivity contribution in [2.75, 3.05) is 0 Å². The molecule has 0 aliphatic heterocycles. The van der Waals surface area contributed by atoms with Crippen LogP contribution in [0.3, 0.4) is 0 Å². The lowest BCUT2D eigenvalue weighted by molar-refractivity contribution is -0.246. The Morgan fingerprint density at radius 2 is 1.64 bits per heavy atom. The van der Waals surface area contributed by atoms with E-state index in [1.165, 1.54) is 24.3 Å². The summed E-state index contributed by atoms with van der Waals surface area (Å²) in [6.07, 6.45) is -4.70. The molecule has 0 bridgehead atoms. The van der Waals surface area contributed by atoms with Crippen LogP contribution in [0.4, 0.5) is 26.3 Å². The highest BCUT2D eigenvalue weighted by molar-refractivity contribution is 7.93. The third-order valence-corrected chi connectivity index (χ3v) is 3.92. The van der Waals surface area contributed by atoms with Gasteiger partial charge in [0.15, 0.2) is 9.84 Å². The highest BCUT2D eigenvalue weighted by atomic mass is 32.2. The van der Waals surface area contributed by atoms with Crippen LogP contribution in [0, 0.1) is 0 Å². The minimum Gasteiger partial charge on any atom is -0.396 e. The third-order valence-electron chi connectivity index (χ3n) is 2.57. The van der Waals surface area contributed by atoms with E-state index in [1.54, 1.807) is 6.07 Å². The molecule has 0 amide bonds. The van der Waals surface area contributed by atoms with Gasteiger partial charge in [-0.15, -0.1) is 0 Å². The molecule has 3 nitrogen and oxygen atoms in total. The van der Waals surface area contributed by atoms with Gasteiger partial charge in [0.25, 0.3) is 0 Å². The zero-order valence-electron chi connectivity index (χ0n) is 10.8. The van der Waals surface area contributed by atoms with Crippen LogP contribution >= 0.6 is 0 Å². The fourth-order valence-electron chi connectivity index (χ4n) is 1.45. The van der Waals surface area contributed by atoms with Crippen molar-refractivity contribution in [2.24, 2.45) is 5.73 Å². The van der Waals surface area contributed by atoms with E-state index in [4.69, 9.17) is 0 Å². The van der Waals surface area contributed by atoms with Gasteiger partial charge in [-0.25, -0.2) is 17.2 Å². The zero-order chi connectivity index (χ0) is 17.2. The average Bonchev–Trinajstić information content (AvgIpc) is 2.38. The first-order valence-corrected chi connectivity index (χ1v) is 7.40. The molecule has 10 heteroatoms. The molecule has 0 atom stereocenters. The van der Waals surface area contributed by atoms with Gasteiger partial charge in [0.2, 0.25) is 0 Å². The molecule has 0 spiro atoms. The van der Waals surface area contributed by atoms with Gasteiger partial charge in [-0.3, -0.25) is 0 Å². The molecule has 124 valence electrons. The Bertz CT molecular complexity index is 643. The Hall–Kier alpha value is -1.71. The fourth-order valence-corrected chi connectivity index (χ4v) is 2.72. The van der Waals surface area contributed by atoms with E-state index in [0.717, 1.165) is 0 Å². The van der Waals surface area contributed by atoms with E-state index in [2.05, 4.69) is 5.73 Å². The zero-order valence-corrected chi connectivity index (χ0v) is 11.6. The average molecular weight is 347 g/mol. The summed E-state index contributed by atoms with van der Waals surface area (Å²) in [6, 6.07) is 7.22. The molecule has 1 aromatic rings. The molecule has 0 aromatic heterocycles. The molecule has 0 saturated carbocycles. The van der Waals surface area contributed by atoms with Gasteiger partial charge >= 0.3 is 18.3 Å². The SMILES string of the molecule is N/C(=C/S(=O)(=O)Cc1ccccc1)C(F)(F)C(F)(F)C(F)F. The van der Waals surface area contributed by atoms with Gasteiger partial charge in [-0.2, -0.15) is 17.6 Å². The molecule has 1 aromatic carbocycles. The topological polar surface area (TPSA) is 60.2 Å². The Balaban J connectivity index is 3.10. The Kier molecular flexibility index (Phi) is 5.16. The number of rotatable bonds is 6. The number of sulfone groups is 1. The third kappa shape index (κ3) is 3.93. The quantitative estimate of drug-likeness (QED) is 0.805. The summed E-state index contributed by atoms with van der Waals surface area (Å²) < 4.78 is 99.2. The van der Waals surface area contributed by atoms with Gasteiger partial charge in [-0.05, 0) is 5.56 Å². The standard InChI is InChI=1S/C12H11F6NO2S/c13-10(14)12(17,18)11(15,16)9(19)7-22(20,21)6-8-4-2-1-3-5-8/h1-5,7,10H,6,19H2/b9-7+. The summed E-state index contributed by atoms with van der Waals surface area (Å²) in [6.45, 7) is 0. The second-order valence-corrected chi connectivity index (χ2v) is 6.21. The molecule has 0 aliphatic rings. The van der Waals surface area contributed by atoms with Gasteiger partial charge in [0.05, 0.1) is 16.9 Å². The number of benzene rings is 1. The van der Waals surface area contributed by atoms with Gasteiger partial charge in [0, 0.05) is 0 Å². The van der Waals surface area contributed by atoms with E-state index in [0.29, 0.717) is 0 Å². The molecule has 0 heterocycles. The molecular formula is C12H11F6NO2S. The van der Waals surface area contributed by atoms with Gasteiger partial charge < -0.3 is 5.73 Å². The number of allylic oxidation sites excluding steroid dienone is 1. The highest BCUT2D eigenvalue weighted by Gasteiger charge is 2.64.